The first-order valence-corrected chi connectivity index (χ1v) is 7.54. The molecule has 1 amide bonds. The number of benzene rings is 1. The molecule has 6 heteroatoms. The fourth-order valence-electron chi connectivity index (χ4n) is 1.65. The zero-order chi connectivity index (χ0) is 14.5. The summed E-state index contributed by atoms with van der Waals surface area (Å²) in [5, 5.41) is 7.77. The Morgan fingerprint density at radius 2 is 2.21 bits per heavy atom. The van der Waals surface area contributed by atoms with Crippen molar-refractivity contribution < 1.29 is 13.2 Å². The number of hydrogen-bond acceptors (Lipinski definition) is 3. The molecule has 1 aromatic carbocycles. The zero-order valence-corrected chi connectivity index (χ0v) is 11.6. The lowest BCUT2D eigenvalue weighted by atomic mass is 10.1. The molecule has 0 saturated heterocycles. The summed E-state index contributed by atoms with van der Waals surface area (Å²) >= 11 is 0. The third-order valence-corrected chi connectivity index (χ3v) is 3.19. The third-order valence-electron chi connectivity index (χ3n) is 2.45. The van der Waals surface area contributed by atoms with Gasteiger partial charge in [-0.25, -0.2) is 13.6 Å². The van der Waals surface area contributed by atoms with Gasteiger partial charge in [-0.15, -0.1) is 6.58 Å². The van der Waals surface area contributed by atoms with Gasteiger partial charge < -0.3 is 5.32 Å². The maximum absolute atomic E-state index is 11.9. The van der Waals surface area contributed by atoms with Crippen LogP contribution in [0, 0.1) is 0 Å². The van der Waals surface area contributed by atoms with Gasteiger partial charge in [-0.1, -0.05) is 18.2 Å². The van der Waals surface area contributed by atoms with E-state index in [1.807, 2.05) is 6.92 Å². The first-order chi connectivity index (χ1) is 8.81. The predicted octanol–water partition coefficient (Wildman–Crippen LogP) is 1.17. The van der Waals surface area contributed by atoms with Gasteiger partial charge in [-0.2, -0.15) is 0 Å². The Bertz CT molecular complexity index is 567. The molecule has 104 valence electrons. The number of primary sulfonamides is 1. The minimum atomic E-state index is -3.60. The lowest BCUT2D eigenvalue weighted by Gasteiger charge is -2.12. The summed E-state index contributed by atoms with van der Waals surface area (Å²) in [4.78, 5) is 11.9. The molecule has 0 heterocycles. The molecule has 5 nitrogen and oxygen atoms in total. The van der Waals surface area contributed by atoms with E-state index < -0.39 is 10.0 Å². The fourth-order valence-corrected chi connectivity index (χ4v) is 2.29. The molecule has 0 aliphatic rings. The molecular weight excluding hydrogens is 264 g/mol. The van der Waals surface area contributed by atoms with Crippen LogP contribution >= 0.6 is 0 Å². The van der Waals surface area contributed by atoms with Crippen molar-refractivity contribution in [2.75, 3.05) is 0 Å². The predicted molar refractivity (Wildman–Crippen MR) is 75.0 cm³/mol. The first-order valence-electron chi connectivity index (χ1n) is 5.83. The summed E-state index contributed by atoms with van der Waals surface area (Å²) in [5.74, 6) is -0.526. The average molecular weight is 282 g/mol. The van der Waals surface area contributed by atoms with Gasteiger partial charge in [0.15, 0.2) is 0 Å². The Labute approximate surface area is 113 Å². The van der Waals surface area contributed by atoms with Crippen molar-refractivity contribution in [2.45, 2.75) is 25.1 Å². The number of carbonyl (C=O) groups excluding carboxylic acids is 1. The standard InChI is InChI=1S/C13H18N2O3S/c1-3-5-10(2)15-13(16)12-7-4-6-11(8-12)9-19(14,17)18/h3-4,6-8,10H,1,5,9H2,2H3,(H,15,16)(H2,14,17,18)/t10-/m0/s1. The van der Waals surface area contributed by atoms with E-state index in [9.17, 15) is 13.2 Å². The smallest absolute Gasteiger partial charge is 0.251 e. The maximum Gasteiger partial charge on any atom is 0.251 e. The van der Waals surface area contributed by atoms with Crippen LogP contribution in [-0.4, -0.2) is 20.4 Å². The van der Waals surface area contributed by atoms with E-state index in [2.05, 4.69) is 11.9 Å². The van der Waals surface area contributed by atoms with Gasteiger partial charge in [0.25, 0.3) is 5.91 Å². The van der Waals surface area contributed by atoms with E-state index in [1.54, 1.807) is 24.3 Å². The van der Waals surface area contributed by atoms with Crippen LogP contribution in [0.2, 0.25) is 0 Å². The molecule has 0 saturated carbocycles. The quantitative estimate of drug-likeness (QED) is 0.767. The number of rotatable bonds is 6. The van der Waals surface area contributed by atoms with Crippen LogP contribution in [0.5, 0.6) is 0 Å². The van der Waals surface area contributed by atoms with E-state index in [4.69, 9.17) is 5.14 Å². The Morgan fingerprint density at radius 3 is 2.79 bits per heavy atom. The molecule has 0 spiro atoms. The number of nitrogens with two attached hydrogens (primary N) is 1. The fraction of sp³-hybridized carbons (Fsp3) is 0.308. The van der Waals surface area contributed by atoms with Gasteiger partial charge >= 0.3 is 0 Å². The van der Waals surface area contributed by atoms with Crippen molar-refractivity contribution in [1.82, 2.24) is 5.32 Å². The van der Waals surface area contributed by atoms with Crippen LogP contribution in [0.4, 0.5) is 0 Å². The molecule has 19 heavy (non-hydrogen) atoms. The molecule has 0 unspecified atom stereocenters. The number of amides is 1. The second kappa shape index (κ2) is 6.49. The number of sulfonamides is 1. The van der Waals surface area contributed by atoms with Crippen molar-refractivity contribution in [3.63, 3.8) is 0 Å². The molecule has 1 atom stereocenters. The van der Waals surface area contributed by atoms with Gasteiger partial charge in [0.2, 0.25) is 10.0 Å². The summed E-state index contributed by atoms with van der Waals surface area (Å²) < 4.78 is 22.0. The number of carbonyl (C=O) groups is 1. The first kappa shape index (κ1) is 15.4. The summed E-state index contributed by atoms with van der Waals surface area (Å²) in [7, 11) is -3.60. The van der Waals surface area contributed by atoms with E-state index >= 15 is 0 Å². The molecule has 0 bridgehead atoms. The molecule has 0 fully saturated rings. The highest BCUT2D eigenvalue weighted by molar-refractivity contribution is 7.88. The van der Waals surface area contributed by atoms with Crippen molar-refractivity contribution in [2.24, 2.45) is 5.14 Å². The van der Waals surface area contributed by atoms with Crippen molar-refractivity contribution in [1.29, 1.82) is 0 Å². The summed E-state index contributed by atoms with van der Waals surface area (Å²) in [5.41, 5.74) is 0.906. The molecule has 1 aromatic rings. The van der Waals surface area contributed by atoms with E-state index in [-0.39, 0.29) is 17.7 Å². The summed E-state index contributed by atoms with van der Waals surface area (Å²) in [6, 6.07) is 6.39. The van der Waals surface area contributed by atoms with Gasteiger partial charge in [0.1, 0.15) is 0 Å². The Morgan fingerprint density at radius 1 is 1.53 bits per heavy atom. The minimum absolute atomic E-state index is 0.0214. The van der Waals surface area contributed by atoms with Crippen LogP contribution in [0.1, 0.15) is 29.3 Å². The van der Waals surface area contributed by atoms with Crippen LogP contribution in [0.3, 0.4) is 0 Å². The van der Waals surface area contributed by atoms with Gasteiger partial charge in [0.05, 0.1) is 5.75 Å². The summed E-state index contributed by atoms with van der Waals surface area (Å²) in [6.45, 7) is 5.47. The van der Waals surface area contributed by atoms with Gasteiger partial charge in [-0.3, -0.25) is 4.79 Å². The second-order valence-corrected chi connectivity index (χ2v) is 6.02. The molecule has 0 aliphatic heterocycles. The van der Waals surface area contributed by atoms with Gasteiger partial charge in [0, 0.05) is 11.6 Å². The molecule has 3 N–H and O–H groups in total. The maximum atomic E-state index is 11.9. The van der Waals surface area contributed by atoms with Crippen molar-refractivity contribution in [3.8, 4) is 0 Å². The molecule has 0 aliphatic carbocycles. The molecular formula is C13H18N2O3S. The highest BCUT2D eigenvalue weighted by Gasteiger charge is 2.11. The van der Waals surface area contributed by atoms with E-state index in [1.165, 1.54) is 6.07 Å². The lowest BCUT2D eigenvalue weighted by molar-refractivity contribution is 0.0940. The molecule has 0 radical (unpaired) electrons. The highest BCUT2D eigenvalue weighted by atomic mass is 32.2. The van der Waals surface area contributed by atoms with Crippen molar-refractivity contribution in [3.05, 3.63) is 48.0 Å². The SMILES string of the molecule is C=CC[C@H](C)NC(=O)c1cccc(CS(N)(=O)=O)c1. The number of nitrogens with one attached hydrogen (secondary N) is 1. The van der Waals surface area contributed by atoms with E-state index in [0.29, 0.717) is 17.5 Å². The third kappa shape index (κ3) is 5.67. The lowest BCUT2D eigenvalue weighted by Crippen LogP contribution is -2.32. The number of hydrogen-bond donors (Lipinski definition) is 2. The largest absolute Gasteiger partial charge is 0.349 e. The highest BCUT2D eigenvalue weighted by Crippen LogP contribution is 2.08. The van der Waals surface area contributed by atoms with Crippen LogP contribution in [-0.2, 0) is 15.8 Å². The molecule has 0 aromatic heterocycles. The summed E-state index contributed by atoms with van der Waals surface area (Å²) in [6.07, 6.45) is 2.39. The van der Waals surface area contributed by atoms with Gasteiger partial charge in [-0.05, 0) is 31.0 Å². The minimum Gasteiger partial charge on any atom is -0.349 e. The van der Waals surface area contributed by atoms with E-state index in [0.717, 1.165) is 0 Å². The Hall–Kier alpha value is -1.66. The van der Waals surface area contributed by atoms with Crippen LogP contribution in [0.15, 0.2) is 36.9 Å². The normalized spacial score (nSPS) is 12.7. The second-order valence-electron chi connectivity index (χ2n) is 4.41. The molecule has 1 rings (SSSR count). The monoisotopic (exact) mass is 282 g/mol. The zero-order valence-electron chi connectivity index (χ0n) is 10.8. The Balaban J connectivity index is 2.81. The average Bonchev–Trinajstić information content (AvgIpc) is 2.27. The Kier molecular flexibility index (Phi) is 5.26. The van der Waals surface area contributed by atoms with Crippen molar-refractivity contribution >= 4 is 15.9 Å². The topological polar surface area (TPSA) is 89.3 Å². The van der Waals surface area contributed by atoms with Crippen LogP contribution in [0.25, 0.3) is 0 Å². The van der Waals surface area contributed by atoms with Crippen LogP contribution < -0.4 is 10.5 Å².